The molecule has 2 aliphatic heterocycles. The van der Waals surface area contributed by atoms with Crippen molar-refractivity contribution < 1.29 is 13.5 Å². The molecule has 2 aromatic rings. The number of benzene rings is 1. The highest BCUT2D eigenvalue weighted by Gasteiger charge is 2.52. The summed E-state index contributed by atoms with van der Waals surface area (Å²) in [4.78, 5) is 12.2. The van der Waals surface area contributed by atoms with Gasteiger partial charge >= 0.3 is 5.69 Å². The standard InChI is InChI=1S/C16H22N4O4S.ClH/c1-18-13-4-3-12(5-14(13)19(2)15(18)22)25(23,24)20-7-11-6-17-8-16(11,9-20)10-21;/h3-5,11,17,21H,6-10H2,1-2H3;1H. The van der Waals surface area contributed by atoms with Gasteiger partial charge in [0, 0.05) is 39.1 Å². The Kier molecular flexibility index (Phi) is 4.73. The molecule has 2 atom stereocenters. The van der Waals surface area contributed by atoms with Crippen molar-refractivity contribution in [2.75, 3.05) is 32.8 Å². The lowest BCUT2D eigenvalue weighted by atomic mass is 9.82. The van der Waals surface area contributed by atoms with E-state index in [-0.39, 0.29) is 35.5 Å². The van der Waals surface area contributed by atoms with Crippen LogP contribution in [-0.2, 0) is 24.1 Å². The van der Waals surface area contributed by atoms with E-state index in [2.05, 4.69) is 5.32 Å². The summed E-state index contributed by atoms with van der Waals surface area (Å²) < 4.78 is 30.6. The zero-order chi connectivity index (χ0) is 18.0. The van der Waals surface area contributed by atoms with Gasteiger partial charge in [0.1, 0.15) is 0 Å². The second-order valence-corrected chi connectivity index (χ2v) is 9.13. The number of nitrogens with zero attached hydrogens (tertiary/aromatic N) is 3. The highest BCUT2D eigenvalue weighted by molar-refractivity contribution is 7.89. The Morgan fingerprint density at radius 1 is 1.27 bits per heavy atom. The smallest absolute Gasteiger partial charge is 0.328 e. The summed E-state index contributed by atoms with van der Waals surface area (Å²) in [6.45, 7) is 2.05. The Bertz CT molecular complexity index is 1020. The Balaban J connectivity index is 0.00000196. The largest absolute Gasteiger partial charge is 0.396 e. The first-order valence-corrected chi connectivity index (χ1v) is 9.71. The fourth-order valence-electron chi connectivity index (χ4n) is 4.18. The molecular formula is C16H23ClN4O4S. The first-order valence-electron chi connectivity index (χ1n) is 8.27. The molecule has 3 heterocycles. The van der Waals surface area contributed by atoms with E-state index in [1.54, 1.807) is 32.3 Å². The van der Waals surface area contributed by atoms with E-state index in [9.17, 15) is 18.3 Å². The lowest BCUT2D eigenvalue weighted by molar-refractivity contribution is 0.130. The summed E-state index contributed by atoms with van der Waals surface area (Å²) >= 11 is 0. The van der Waals surface area contributed by atoms with Crippen molar-refractivity contribution in [1.29, 1.82) is 0 Å². The fourth-order valence-corrected chi connectivity index (χ4v) is 5.78. The first-order chi connectivity index (χ1) is 11.8. The van der Waals surface area contributed by atoms with Gasteiger partial charge in [-0.3, -0.25) is 9.13 Å². The van der Waals surface area contributed by atoms with Crippen molar-refractivity contribution >= 4 is 33.5 Å². The Hall–Kier alpha value is -1.39. The SMILES string of the molecule is Cl.Cn1c(=O)n(C)c2cc(S(=O)(=O)N3CC4CNCC4(CO)C3)ccc21. The summed E-state index contributed by atoms with van der Waals surface area (Å²) in [6.07, 6.45) is 0. The summed E-state index contributed by atoms with van der Waals surface area (Å²) in [5.74, 6) is 0.122. The molecule has 1 aromatic heterocycles. The maximum absolute atomic E-state index is 13.1. The number of aryl methyl sites for hydroxylation is 2. The molecule has 0 amide bonds. The zero-order valence-electron chi connectivity index (χ0n) is 14.7. The van der Waals surface area contributed by atoms with Gasteiger partial charge in [0.15, 0.2) is 0 Å². The molecule has 2 N–H and O–H groups in total. The number of sulfonamides is 1. The van der Waals surface area contributed by atoms with Gasteiger partial charge in [-0.1, -0.05) is 0 Å². The lowest BCUT2D eigenvalue weighted by Crippen LogP contribution is -2.37. The monoisotopic (exact) mass is 402 g/mol. The van der Waals surface area contributed by atoms with Crippen LogP contribution in [0.3, 0.4) is 0 Å². The maximum atomic E-state index is 13.1. The van der Waals surface area contributed by atoms with Crippen LogP contribution < -0.4 is 11.0 Å². The quantitative estimate of drug-likeness (QED) is 0.721. The number of imidazole rings is 1. The summed E-state index contributed by atoms with van der Waals surface area (Å²) in [6, 6.07) is 4.78. The van der Waals surface area contributed by atoms with Gasteiger partial charge in [-0.25, -0.2) is 13.2 Å². The van der Waals surface area contributed by atoms with E-state index in [1.165, 1.54) is 13.4 Å². The lowest BCUT2D eigenvalue weighted by Gasteiger charge is -2.25. The highest BCUT2D eigenvalue weighted by atomic mass is 35.5. The molecular weight excluding hydrogens is 380 g/mol. The van der Waals surface area contributed by atoms with Gasteiger partial charge in [-0.2, -0.15) is 4.31 Å². The molecule has 2 unspecified atom stereocenters. The normalized spacial score (nSPS) is 26.2. The summed E-state index contributed by atoms with van der Waals surface area (Å²) in [5, 5.41) is 13.0. The van der Waals surface area contributed by atoms with Gasteiger partial charge in [0.2, 0.25) is 10.0 Å². The zero-order valence-corrected chi connectivity index (χ0v) is 16.3. The van der Waals surface area contributed by atoms with E-state index in [4.69, 9.17) is 0 Å². The number of rotatable bonds is 3. The van der Waals surface area contributed by atoms with Crippen molar-refractivity contribution in [2.24, 2.45) is 25.4 Å². The summed E-state index contributed by atoms with van der Waals surface area (Å²) in [5.41, 5.74) is 0.703. The van der Waals surface area contributed by atoms with E-state index >= 15 is 0 Å². The molecule has 8 nitrogen and oxygen atoms in total. The fraction of sp³-hybridized carbons (Fsp3) is 0.562. The minimum Gasteiger partial charge on any atom is -0.396 e. The van der Waals surface area contributed by atoms with Crippen molar-refractivity contribution in [3.63, 3.8) is 0 Å². The van der Waals surface area contributed by atoms with Crippen LogP contribution in [0, 0.1) is 11.3 Å². The molecule has 2 fully saturated rings. The second-order valence-electron chi connectivity index (χ2n) is 7.20. The molecule has 0 aliphatic carbocycles. The van der Waals surface area contributed by atoms with Crippen molar-refractivity contribution in [2.45, 2.75) is 4.90 Å². The van der Waals surface area contributed by atoms with Crippen LogP contribution in [0.1, 0.15) is 0 Å². The van der Waals surface area contributed by atoms with Gasteiger partial charge in [0.05, 0.1) is 22.5 Å². The van der Waals surface area contributed by atoms with Gasteiger partial charge < -0.3 is 10.4 Å². The Labute approximate surface area is 157 Å². The molecule has 144 valence electrons. The number of nitrogens with one attached hydrogen (secondary N) is 1. The predicted molar refractivity (Wildman–Crippen MR) is 100 cm³/mol. The Morgan fingerprint density at radius 2 is 1.96 bits per heavy atom. The predicted octanol–water partition coefficient (Wildman–Crippen LogP) is -0.499. The molecule has 4 rings (SSSR count). The van der Waals surface area contributed by atoms with Gasteiger partial charge in [-0.05, 0) is 30.7 Å². The number of fused-ring (bicyclic) bond motifs is 2. The summed E-state index contributed by atoms with van der Waals surface area (Å²) in [7, 11) is -0.373. The third-order valence-electron chi connectivity index (χ3n) is 5.85. The molecule has 0 radical (unpaired) electrons. The molecule has 10 heteroatoms. The van der Waals surface area contributed by atoms with Gasteiger partial charge in [-0.15, -0.1) is 12.4 Å². The topological polar surface area (TPSA) is 96.6 Å². The van der Waals surface area contributed by atoms with Crippen LogP contribution in [0.4, 0.5) is 0 Å². The number of hydrogen-bond donors (Lipinski definition) is 2. The van der Waals surface area contributed by atoms with Crippen LogP contribution in [0.15, 0.2) is 27.9 Å². The van der Waals surface area contributed by atoms with Crippen molar-refractivity contribution in [3.8, 4) is 0 Å². The Morgan fingerprint density at radius 3 is 2.62 bits per heavy atom. The number of aromatic nitrogens is 2. The van der Waals surface area contributed by atoms with E-state index in [0.29, 0.717) is 30.7 Å². The van der Waals surface area contributed by atoms with Crippen LogP contribution in [-0.4, -0.2) is 59.7 Å². The van der Waals surface area contributed by atoms with Crippen LogP contribution in [0.25, 0.3) is 11.0 Å². The third kappa shape index (κ3) is 2.53. The highest BCUT2D eigenvalue weighted by Crippen LogP contribution is 2.40. The minimum atomic E-state index is -3.67. The number of hydrogen-bond acceptors (Lipinski definition) is 5. The first kappa shape index (κ1) is 19.4. The number of halogens is 1. The third-order valence-corrected chi connectivity index (χ3v) is 7.65. The number of aliphatic hydroxyl groups excluding tert-OH is 1. The van der Waals surface area contributed by atoms with Crippen LogP contribution in [0.2, 0.25) is 0 Å². The van der Waals surface area contributed by atoms with Gasteiger partial charge in [0.25, 0.3) is 0 Å². The van der Waals surface area contributed by atoms with Crippen LogP contribution >= 0.6 is 12.4 Å². The van der Waals surface area contributed by atoms with Crippen molar-refractivity contribution in [3.05, 3.63) is 28.7 Å². The van der Waals surface area contributed by atoms with E-state index < -0.39 is 15.4 Å². The molecule has 0 bridgehead atoms. The van der Waals surface area contributed by atoms with Crippen LogP contribution in [0.5, 0.6) is 0 Å². The molecule has 0 spiro atoms. The molecule has 26 heavy (non-hydrogen) atoms. The molecule has 2 saturated heterocycles. The molecule has 0 saturated carbocycles. The van der Waals surface area contributed by atoms with E-state index in [0.717, 1.165) is 6.54 Å². The van der Waals surface area contributed by atoms with Crippen molar-refractivity contribution in [1.82, 2.24) is 18.8 Å². The average molecular weight is 403 g/mol. The average Bonchev–Trinajstić information content (AvgIpc) is 3.22. The minimum absolute atomic E-state index is 0. The molecule has 1 aromatic carbocycles. The van der Waals surface area contributed by atoms with E-state index in [1.807, 2.05) is 0 Å². The molecule has 2 aliphatic rings. The number of aliphatic hydroxyl groups is 1. The maximum Gasteiger partial charge on any atom is 0.328 e. The second kappa shape index (κ2) is 6.35.